The fourth-order valence-corrected chi connectivity index (χ4v) is 6.59. The van der Waals surface area contributed by atoms with Crippen LogP contribution in [0.25, 0.3) is 0 Å². The molecule has 1 atom stereocenters. The van der Waals surface area contributed by atoms with E-state index in [1.807, 2.05) is 37.3 Å². The van der Waals surface area contributed by atoms with Crippen molar-refractivity contribution in [2.24, 2.45) is 0 Å². The second-order valence-electron chi connectivity index (χ2n) is 10.3. The second kappa shape index (κ2) is 15.8. The van der Waals surface area contributed by atoms with Crippen LogP contribution in [-0.4, -0.2) is 51.4 Å². The molecular formula is C34H35Cl2N3O5S. The number of amides is 2. The first-order valence-electron chi connectivity index (χ1n) is 14.4. The summed E-state index contributed by atoms with van der Waals surface area (Å²) >= 11 is 12.6. The molecule has 0 spiro atoms. The number of hydrogen-bond donors (Lipinski definition) is 1. The van der Waals surface area contributed by atoms with Gasteiger partial charge in [0, 0.05) is 29.6 Å². The zero-order valence-corrected chi connectivity index (χ0v) is 27.4. The molecule has 45 heavy (non-hydrogen) atoms. The Morgan fingerprint density at radius 3 is 2.11 bits per heavy atom. The van der Waals surface area contributed by atoms with E-state index in [1.54, 1.807) is 42.5 Å². The summed E-state index contributed by atoms with van der Waals surface area (Å²) in [5, 5.41) is 3.69. The Morgan fingerprint density at radius 1 is 0.844 bits per heavy atom. The zero-order chi connectivity index (χ0) is 32.4. The highest BCUT2D eigenvalue weighted by atomic mass is 35.5. The Bertz CT molecular complexity index is 1700. The Kier molecular flexibility index (Phi) is 11.9. The summed E-state index contributed by atoms with van der Waals surface area (Å²) in [6, 6.07) is 27.6. The van der Waals surface area contributed by atoms with E-state index in [0.29, 0.717) is 34.3 Å². The maximum Gasteiger partial charge on any atom is 0.264 e. The van der Waals surface area contributed by atoms with Crippen molar-refractivity contribution in [1.82, 2.24) is 10.2 Å². The van der Waals surface area contributed by atoms with Gasteiger partial charge in [-0.25, -0.2) is 8.42 Å². The molecule has 0 aliphatic carbocycles. The minimum Gasteiger partial charge on any atom is -0.497 e. The van der Waals surface area contributed by atoms with Crippen LogP contribution in [-0.2, 0) is 32.6 Å². The smallest absolute Gasteiger partial charge is 0.264 e. The predicted octanol–water partition coefficient (Wildman–Crippen LogP) is 6.36. The van der Waals surface area contributed by atoms with Crippen LogP contribution < -0.4 is 14.4 Å². The van der Waals surface area contributed by atoms with Gasteiger partial charge < -0.3 is 15.0 Å². The molecule has 2 amide bonds. The maximum absolute atomic E-state index is 14.4. The van der Waals surface area contributed by atoms with Gasteiger partial charge in [0.1, 0.15) is 18.3 Å². The number of carbonyl (C=O) groups is 2. The zero-order valence-electron chi connectivity index (χ0n) is 25.0. The Morgan fingerprint density at radius 2 is 1.49 bits per heavy atom. The van der Waals surface area contributed by atoms with Crippen LogP contribution in [0.1, 0.15) is 24.5 Å². The van der Waals surface area contributed by atoms with E-state index in [-0.39, 0.29) is 29.5 Å². The molecule has 8 nitrogen and oxygen atoms in total. The number of nitrogens with zero attached hydrogens (tertiary/aromatic N) is 2. The van der Waals surface area contributed by atoms with Gasteiger partial charge in [0.25, 0.3) is 10.0 Å². The van der Waals surface area contributed by atoms with Gasteiger partial charge in [0.15, 0.2) is 0 Å². The van der Waals surface area contributed by atoms with Crippen LogP contribution >= 0.6 is 23.2 Å². The highest BCUT2D eigenvalue weighted by molar-refractivity contribution is 7.92. The third-order valence-corrected chi connectivity index (χ3v) is 9.34. The van der Waals surface area contributed by atoms with E-state index in [2.05, 4.69) is 5.32 Å². The Hall–Kier alpha value is -4.05. The topological polar surface area (TPSA) is 96.0 Å². The van der Waals surface area contributed by atoms with Crippen molar-refractivity contribution in [2.45, 2.75) is 37.2 Å². The van der Waals surface area contributed by atoms with Crippen molar-refractivity contribution >= 4 is 50.7 Å². The molecule has 0 radical (unpaired) electrons. The van der Waals surface area contributed by atoms with Crippen LogP contribution in [0.3, 0.4) is 0 Å². The lowest BCUT2D eigenvalue weighted by Gasteiger charge is -2.34. The summed E-state index contributed by atoms with van der Waals surface area (Å²) in [6.45, 7) is 1.78. The SMILES string of the molecule is CCCNC(=O)[C@@H](Cc1ccccc1)N(Cc1cccc(Cl)c1)C(=O)CN(c1cccc(Cl)c1)S(=O)(=O)c1ccc(OC)cc1. The molecule has 1 N–H and O–H groups in total. The molecule has 0 aromatic heterocycles. The molecule has 0 saturated carbocycles. The minimum atomic E-state index is -4.27. The summed E-state index contributed by atoms with van der Waals surface area (Å²) in [5.41, 5.74) is 1.73. The highest BCUT2D eigenvalue weighted by Crippen LogP contribution is 2.28. The molecule has 0 unspecified atom stereocenters. The van der Waals surface area contributed by atoms with Gasteiger partial charge in [-0.2, -0.15) is 0 Å². The normalized spacial score (nSPS) is 11.8. The molecule has 11 heteroatoms. The first-order chi connectivity index (χ1) is 21.6. The lowest BCUT2D eigenvalue weighted by molar-refractivity contribution is -0.140. The van der Waals surface area contributed by atoms with Gasteiger partial charge >= 0.3 is 0 Å². The van der Waals surface area contributed by atoms with Crippen LogP contribution in [0, 0.1) is 0 Å². The Labute approximate surface area is 274 Å². The van der Waals surface area contributed by atoms with Gasteiger partial charge in [-0.3, -0.25) is 13.9 Å². The van der Waals surface area contributed by atoms with Crippen molar-refractivity contribution in [3.05, 3.63) is 124 Å². The number of ether oxygens (including phenoxy) is 1. The number of anilines is 1. The van der Waals surface area contributed by atoms with E-state index in [1.165, 1.54) is 42.3 Å². The van der Waals surface area contributed by atoms with Crippen molar-refractivity contribution < 1.29 is 22.7 Å². The second-order valence-corrected chi connectivity index (χ2v) is 13.1. The average molecular weight is 669 g/mol. The van der Waals surface area contributed by atoms with Gasteiger partial charge in [-0.15, -0.1) is 0 Å². The molecule has 0 heterocycles. The highest BCUT2D eigenvalue weighted by Gasteiger charge is 2.34. The van der Waals surface area contributed by atoms with Crippen LogP contribution in [0.15, 0.2) is 108 Å². The van der Waals surface area contributed by atoms with Crippen LogP contribution in [0.2, 0.25) is 10.0 Å². The van der Waals surface area contributed by atoms with E-state index in [9.17, 15) is 18.0 Å². The molecule has 0 aliphatic rings. The van der Waals surface area contributed by atoms with Gasteiger partial charge in [0.05, 0.1) is 17.7 Å². The van der Waals surface area contributed by atoms with Crippen molar-refractivity contribution in [3.8, 4) is 5.75 Å². The molecule has 4 rings (SSSR count). The number of sulfonamides is 1. The van der Waals surface area contributed by atoms with E-state index in [4.69, 9.17) is 27.9 Å². The summed E-state index contributed by atoms with van der Waals surface area (Å²) in [7, 11) is -2.79. The third kappa shape index (κ3) is 9.00. The van der Waals surface area contributed by atoms with E-state index in [0.717, 1.165) is 9.87 Å². The lowest BCUT2D eigenvalue weighted by atomic mass is 10.0. The monoisotopic (exact) mass is 667 g/mol. The summed E-state index contributed by atoms with van der Waals surface area (Å²) in [4.78, 5) is 29.5. The number of nitrogens with one attached hydrogen (secondary N) is 1. The van der Waals surface area contributed by atoms with Crippen molar-refractivity contribution in [3.63, 3.8) is 0 Å². The fourth-order valence-electron chi connectivity index (χ4n) is 4.79. The molecule has 4 aromatic rings. The standard InChI is InChI=1S/C34H35Cl2N3O5S/c1-3-19-37-34(41)32(21-25-9-5-4-6-10-25)38(23-26-11-7-12-27(35)20-26)33(40)24-39(29-14-8-13-28(36)22-29)45(42,43)31-17-15-30(44-2)16-18-31/h4-18,20,22,32H,3,19,21,23-24H2,1-2H3,(H,37,41)/t32-/m1/s1. The number of carbonyl (C=O) groups excluding carboxylic acids is 2. The van der Waals surface area contributed by atoms with Crippen molar-refractivity contribution in [1.29, 1.82) is 0 Å². The number of hydrogen-bond acceptors (Lipinski definition) is 5. The van der Waals surface area contributed by atoms with Gasteiger partial charge in [0.2, 0.25) is 11.8 Å². The first kappa shape index (κ1) is 33.8. The molecule has 236 valence electrons. The number of benzene rings is 4. The lowest BCUT2D eigenvalue weighted by Crippen LogP contribution is -2.53. The maximum atomic E-state index is 14.4. The van der Waals surface area contributed by atoms with Gasteiger partial charge in [-0.1, -0.05) is 78.7 Å². The van der Waals surface area contributed by atoms with E-state index >= 15 is 0 Å². The molecule has 0 saturated heterocycles. The quantitative estimate of drug-likeness (QED) is 0.169. The summed E-state index contributed by atoms with van der Waals surface area (Å²) < 4.78 is 34.4. The molecule has 0 bridgehead atoms. The Balaban J connectivity index is 1.80. The largest absolute Gasteiger partial charge is 0.497 e. The number of rotatable bonds is 14. The summed E-state index contributed by atoms with van der Waals surface area (Å²) in [6.07, 6.45) is 0.916. The van der Waals surface area contributed by atoms with Crippen molar-refractivity contribution in [2.75, 3.05) is 24.5 Å². The summed E-state index contributed by atoms with van der Waals surface area (Å²) in [5.74, 6) is -0.447. The molecular weight excluding hydrogens is 633 g/mol. The number of halogens is 2. The van der Waals surface area contributed by atoms with Crippen LogP contribution in [0.5, 0.6) is 5.75 Å². The first-order valence-corrected chi connectivity index (χ1v) is 16.6. The average Bonchev–Trinajstić information content (AvgIpc) is 3.04. The molecule has 4 aromatic carbocycles. The minimum absolute atomic E-state index is 0.0163. The third-order valence-electron chi connectivity index (χ3n) is 7.08. The van der Waals surface area contributed by atoms with Gasteiger partial charge in [-0.05, 0) is 72.1 Å². The number of methoxy groups -OCH3 is 1. The molecule has 0 fully saturated rings. The molecule has 0 aliphatic heterocycles. The predicted molar refractivity (Wildman–Crippen MR) is 178 cm³/mol. The van der Waals surface area contributed by atoms with E-state index < -0.39 is 28.5 Å². The van der Waals surface area contributed by atoms with Crippen LogP contribution in [0.4, 0.5) is 5.69 Å². The fraction of sp³-hybridized carbons (Fsp3) is 0.235.